The van der Waals surface area contributed by atoms with Gasteiger partial charge >= 0.3 is 12.1 Å². The van der Waals surface area contributed by atoms with Crippen molar-refractivity contribution in [1.82, 2.24) is 9.78 Å². The summed E-state index contributed by atoms with van der Waals surface area (Å²) >= 11 is 0. The quantitative estimate of drug-likeness (QED) is 0.476. The molecular weight excluding hydrogens is 418 g/mol. The van der Waals surface area contributed by atoms with E-state index in [1.54, 1.807) is 23.7 Å². The Hall–Kier alpha value is -3.61. The summed E-state index contributed by atoms with van der Waals surface area (Å²) in [5, 5.41) is 7.54. The van der Waals surface area contributed by atoms with E-state index in [1.807, 2.05) is 49.4 Å². The number of ether oxygens (including phenoxy) is 2. The number of hydrogen-bond acceptors (Lipinski definition) is 5. The van der Waals surface area contributed by atoms with E-state index >= 15 is 0 Å². The molecule has 174 valence electrons. The number of carbonyl (C=O) groups is 2. The van der Waals surface area contributed by atoms with Gasteiger partial charge in [-0.1, -0.05) is 50.6 Å². The van der Waals surface area contributed by atoms with Gasteiger partial charge in [0.2, 0.25) is 0 Å². The maximum Gasteiger partial charge on any atom is 0.418 e. The largest absolute Gasteiger partial charge is 0.466 e. The highest BCUT2D eigenvalue weighted by molar-refractivity contribution is 5.85. The molecule has 1 amide bonds. The highest BCUT2D eigenvalue weighted by Crippen LogP contribution is 2.27. The summed E-state index contributed by atoms with van der Waals surface area (Å²) in [6.45, 7) is 10.3. The van der Waals surface area contributed by atoms with Crippen LogP contribution in [0.4, 0.5) is 10.6 Å². The van der Waals surface area contributed by atoms with Gasteiger partial charge in [-0.2, -0.15) is 5.10 Å². The molecule has 7 heteroatoms. The van der Waals surface area contributed by atoms with Crippen LogP contribution in [-0.2, 0) is 21.4 Å². The molecule has 0 fully saturated rings. The Balaban J connectivity index is 1.79. The lowest BCUT2D eigenvalue weighted by Crippen LogP contribution is -2.19. The van der Waals surface area contributed by atoms with Crippen LogP contribution in [0.5, 0.6) is 5.75 Å². The lowest BCUT2D eigenvalue weighted by atomic mass is 9.92. The molecule has 33 heavy (non-hydrogen) atoms. The molecule has 1 N–H and O–H groups in total. The Labute approximate surface area is 194 Å². The molecule has 0 radical (unpaired) electrons. The van der Waals surface area contributed by atoms with Crippen molar-refractivity contribution in [2.24, 2.45) is 0 Å². The minimum Gasteiger partial charge on any atom is -0.466 e. The molecule has 0 saturated heterocycles. The van der Waals surface area contributed by atoms with Crippen LogP contribution in [0.1, 0.15) is 50.9 Å². The lowest BCUT2D eigenvalue weighted by Gasteiger charge is -2.14. The second-order valence-electron chi connectivity index (χ2n) is 8.88. The first kappa shape index (κ1) is 24.0. The highest BCUT2D eigenvalue weighted by Gasteiger charge is 2.22. The molecule has 3 rings (SSSR count). The summed E-state index contributed by atoms with van der Waals surface area (Å²) in [5.41, 5.74) is 3.52. The first-order valence-electron chi connectivity index (χ1n) is 11.1. The molecular formula is C26H31N3O4. The van der Waals surface area contributed by atoms with Crippen LogP contribution in [0.3, 0.4) is 0 Å². The molecule has 7 nitrogen and oxygen atoms in total. The lowest BCUT2D eigenvalue weighted by molar-refractivity contribution is -0.143. The van der Waals surface area contributed by atoms with Crippen molar-refractivity contribution in [1.29, 1.82) is 0 Å². The fraction of sp³-hybridized carbons (Fsp3) is 0.346. The third-order valence-corrected chi connectivity index (χ3v) is 5.04. The fourth-order valence-electron chi connectivity index (χ4n) is 3.16. The number of nitrogens with zero attached hydrogens (tertiary/aromatic N) is 2. The topological polar surface area (TPSA) is 82.5 Å². The minimum absolute atomic E-state index is 0.206. The van der Waals surface area contributed by atoms with Crippen molar-refractivity contribution in [2.45, 2.75) is 52.9 Å². The molecule has 0 saturated carbocycles. The fourth-order valence-corrected chi connectivity index (χ4v) is 3.16. The standard InChI is InChI=1S/C26H31N3O4/c1-6-32-24(30)16-11-19-9-12-20(13-10-19)29-23(17-22(28-29)26(3,4)5)27-25(31)33-21-14-7-18(2)8-15-21/h7-10,12-15,17H,6,11,16H2,1-5H3,(H,27,31). The van der Waals surface area contributed by atoms with Crippen LogP contribution in [0.15, 0.2) is 54.6 Å². The SMILES string of the molecule is CCOC(=O)CCc1ccc(-n2nc(C(C)(C)C)cc2NC(=O)Oc2ccc(C)cc2)cc1. The van der Waals surface area contributed by atoms with E-state index in [4.69, 9.17) is 14.6 Å². The smallest absolute Gasteiger partial charge is 0.418 e. The van der Waals surface area contributed by atoms with Crippen LogP contribution in [0, 0.1) is 6.92 Å². The van der Waals surface area contributed by atoms with Gasteiger partial charge < -0.3 is 9.47 Å². The molecule has 0 aliphatic carbocycles. The molecule has 0 spiro atoms. The second kappa shape index (κ2) is 10.3. The summed E-state index contributed by atoms with van der Waals surface area (Å²) in [5.74, 6) is 0.768. The van der Waals surface area contributed by atoms with E-state index < -0.39 is 6.09 Å². The number of aryl methyl sites for hydroxylation is 2. The summed E-state index contributed by atoms with van der Waals surface area (Å²) < 4.78 is 12.1. The Morgan fingerprint density at radius 3 is 2.30 bits per heavy atom. The van der Waals surface area contributed by atoms with E-state index in [-0.39, 0.29) is 11.4 Å². The monoisotopic (exact) mass is 449 g/mol. The molecule has 3 aromatic rings. The molecule has 2 aromatic carbocycles. The summed E-state index contributed by atoms with van der Waals surface area (Å²) in [4.78, 5) is 24.2. The van der Waals surface area contributed by atoms with Crippen molar-refractivity contribution in [3.8, 4) is 11.4 Å². The van der Waals surface area contributed by atoms with E-state index in [0.717, 1.165) is 22.5 Å². The number of benzene rings is 2. The number of carbonyl (C=O) groups excluding carboxylic acids is 2. The maximum atomic E-state index is 12.5. The number of anilines is 1. The van der Waals surface area contributed by atoms with E-state index in [1.165, 1.54) is 0 Å². The van der Waals surface area contributed by atoms with Crippen LogP contribution in [0.25, 0.3) is 5.69 Å². The molecule has 1 aromatic heterocycles. The van der Waals surface area contributed by atoms with Crippen LogP contribution < -0.4 is 10.1 Å². The third-order valence-electron chi connectivity index (χ3n) is 5.04. The van der Waals surface area contributed by atoms with E-state index in [2.05, 4.69) is 26.1 Å². The second-order valence-corrected chi connectivity index (χ2v) is 8.88. The molecule has 0 aliphatic rings. The van der Waals surface area contributed by atoms with Gasteiger partial charge in [0, 0.05) is 17.9 Å². The number of amides is 1. The van der Waals surface area contributed by atoms with Crippen LogP contribution in [0.2, 0.25) is 0 Å². The van der Waals surface area contributed by atoms with Crippen LogP contribution in [-0.4, -0.2) is 28.4 Å². The Morgan fingerprint density at radius 2 is 1.70 bits per heavy atom. The first-order valence-corrected chi connectivity index (χ1v) is 11.1. The summed E-state index contributed by atoms with van der Waals surface area (Å²) in [7, 11) is 0. The van der Waals surface area contributed by atoms with E-state index in [0.29, 0.717) is 31.0 Å². The normalized spacial score (nSPS) is 11.2. The molecule has 1 heterocycles. The molecule has 0 atom stereocenters. The number of aromatic nitrogens is 2. The van der Waals surface area contributed by atoms with E-state index in [9.17, 15) is 9.59 Å². The predicted octanol–water partition coefficient (Wildman–Crippen LogP) is 5.58. The number of nitrogens with one attached hydrogen (secondary N) is 1. The molecule has 0 bridgehead atoms. The first-order chi connectivity index (χ1) is 15.7. The average Bonchev–Trinajstić information content (AvgIpc) is 3.18. The van der Waals surface area contributed by atoms with Crippen molar-refractivity contribution in [2.75, 3.05) is 11.9 Å². The van der Waals surface area contributed by atoms with Gasteiger partial charge in [0.1, 0.15) is 11.6 Å². The number of hydrogen-bond donors (Lipinski definition) is 1. The van der Waals surface area contributed by atoms with Gasteiger partial charge in [-0.05, 0) is 50.1 Å². The van der Waals surface area contributed by atoms with Gasteiger partial charge in [0.25, 0.3) is 0 Å². The maximum absolute atomic E-state index is 12.5. The van der Waals surface area contributed by atoms with Gasteiger partial charge in [-0.25, -0.2) is 9.48 Å². The molecule has 0 unspecified atom stereocenters. The highest BCUT2D eigenvalue weighted by atomic mass is 16.6. The summed E-state index contributed by atoms with van der Waals surface area (Å²) in [6.07, 6.45) is 0.340. The van der Waals surface area contributed by atoms with Gasteiger partial charge in [-0.3, -0.25) is 10.1 Å². The van der Waals surface area contributed by atoms with Crippen molar-refractivity contribution in [3.05, 3.63) is 71.4 Å². The van der Waals surface area contributed by atoms with Gasteiger partial charge in [0.05, 0.1) is 18.0 Å². The van der Waals surface area contributed by atoms with Gasteiger partial charge in [0.15, 0.2) is 0 Å². The van der Waals surface area contributed by atoms with Crippen molar-refractivity contribution < 1.29 is 19.1 Å². The van der Waals surface area contributed by atoms with Crippen molar-refractivity contribution >= 4 is 17.9 Å². The summed E-state index contributed by atoms with van der Waals surface area (Å²) in [6, 6.07) is 16.8. The zero-order valence-electron chi connectivity index (χ0n) is 19.8. The molecule has 0 aliphatic heterocycles. The predicted molar refractivity (Wildman–Crippen MR) is 128 cm³/mol. The van der Waals surface area contributed by atoms with Gasteiger partial charge in [-0.15, -0.1) is 0 Å². The zero-order chi connectivity index (χ0) is 24.0. The Kier molecular flexibility index (Phi) is 7.53. The van der Waals surface area contributed by atoms with Crippen LogP contribution >= 0.6 is 0 Å². The third kappa shape index (κ3) is 6.68. The number of rotatable bonds is 7. The average molecular weight is 450 g/mol. The Morgan fingerprint density at radius 1 is 1.03 bits per heavy atom. The van der Waals surface area contributed by atoms with Crippen molar-refractivity contribution in [3.63, 3.8) is 0 Å². The minimum atomic E-state index is -0.591. The zero-order valence-corrected chi connectivity index (χ0v) is 19.8. The number of esters is 1. The Bertz CT molecular complexity index is 1090.